The van der Waals surface area contributed by atoms with Gasteiger partial charge < -0.3 is 0 Å². The molecule has 0 amide bonds. The van der Waals surface area contributed by atoms with Crippen molar-refractivity contribution in [2.24, 2.45) is 0 Å². The Morgan fingerprint density at radius 3 is 2.69 bits per heavy atom. The number of aromatic nitrogens is 2. The van der Waals surface area contributed by atoms with E-state index in [1.165, 1.54) is 0 Å². The zero-order valence-corrected chi connectivity index (χ0v) is 8.60. The van der Waals surface area contributed by atoms with Crippen LogP contribution in [-0.4, -0.2) is 9.78 Å². The highest BCUT2D eigenvalue weighted by Crippen LogP contribution is 2.19. The van der Waals surface area contributed by atoms with E-state index in [1.807, 2.05) is 6.92 Å². The molecule has 0 aliphatic carbocycles. The van der Waals surface area contributed by atoms with Gasteiger partial charge in [-0.15, -0.1) is 0 Å². The number of halogens is 1. The van der Waals surface area contributed by atoms with E-state index in [2.05, 4.69) is 18.1 Å². The van der Waals surface area contributed by atoms with Crippen LogP contribution in [0.4, 0.5) is 0 Å². The number of aryl methyl sites for hydroxylation is 2. The molecule has 0 fully saturated rings. The van der Waals surface area contributed by atoms with Crippen LogP contribution in [0.15, 0.2) is 0 Å². The minimum atomic E-state index is 0.466. The maximum Gasteiger partial charge on any atom is 0.145 e. The van der Waals surface area contributed by atoms with Crippen LogP contribution >= 0.6 is 11.6 Å². The molecule has 0 atom stereocenters. The van der Waals surface area contributed by atoms with Crippen molar-refractivity contribution in [2.45, 2.75) is 33.2 Å². The molecule has 0 unspecified atom stereocenters. The van der Waals surface area contributed by atoms with Gasteiger partial charge in [0.15, 0.2) is 0 Å². The highest BCUT2D eigenvalue weighted by atomic mass is 35.5. The molecule has 0 aromatic carbocycles. The van der Waals surface area contributed by atoms with Gasteiger partial charge in [0.1, 0.15) is 16.8 Å². The highest BCUT2D eigenvalue weighted by molar-refractivity contribution is 6.30. The molecule has 0 bridgehead atoms. The normalized spacial score (nSPS) is 10.0. The third-order valence-corrected chi connectivity index (χ3v) is 2.25. The average Bonchev–Trinajstić information content (AvgIpc) is 2.43. The summed E-state index contributed by atoms with van der Waals surface area (Å²) in [5, 5.41) is 13.6. The molecule has 0 aliphatic heterocycles. The fourth-order valence-corrected chi connectivity index (χ4v) is 1.53. The van der Waals surface area contributed by atoms with Crippen molar-refractivity contribution in [3.63, 3.8) is 0 Å². The van der Waals surface area contributed by atoms with E-state index in [9.17, 15) is 0 Å². The summed E-state index contributed by atoms with van der Waals surface area (Å²) in [5.74, 6) is 0. The fourth-order valence-electron chi connectivity index (χ4n) is 1.22. The Morgan fingerprint density at radius 2 is 2.23 bits per heavy atom. The summed E-state index contributed by atoms with van der Waals surface area (Å²) in [5.41, 5.74) is 1.35. The highest BCUT2D eigenvalue weighted by Gasteiger charge is 2.13. The number of hydrogen-bond acceptors (Lipinski definition) is 2. The molecule has 0 spiro atoms. The van der Waals surface area contributed by atoms with Crippen LogP contribution < -0.4 is 0 Å². The number of hydrogen-bond donors (Lipinski definition) is 0. The monoisotopic (exact) mass is 197 g/mol. The first-order valence-corrected chi connectivity index (χ1v) is 4.77. The Bertz CT molecular complexity index is 335. The van der Waals surface area contributed by atoms with E-state index >= 15 is 0 Å². The van der Waals surface area contributed by atoms with E-state index < -0.39 is 0 Å². The minimum absolute atomic E-state index is 0.466. The molecule has 4 heteroatoms. The Labute approximate surface area is 82.9 Å². The third-order valence-electron chi connectivity index (χ3n) is 1.86. The summed E-state index contributed by atoms with van der Waals surface area (Å²) in [4.78, 5) is 0. The first-order chi connectivity index (χ1) is 6.24. The van der Waals surface area contributed by atoms with Crippen molar-refractivity contribution in [1.82, 2.24) is 9.78 Å². The molecular formula is C9H12ClN3. The quantitative estimate of drug-likeness (QED) is 0.747. The van der Waals surface area contributed by atoms with Gasteiger partial charge in [-0.2, -0.15) is 10.4 Å². The zero-order valence-electron chi connectivity index (χ0n) is 7.84. The molecular weight excluding hydrogens is 186 g/mol. The van der Waals surface area contributed by atoms with Gasteiger partial charge in [0.05, 0.1) is 5.69 Å². The maximum absolute atomic E-state index is 8.85. The minimum Gasteiger partial charge on any atom is -0.253 e. The third kappa shape index (κ3) is 1.84. The number of nitriles is 1. The summed E-state index contributed by atoms with van der Waals surface area (Å²) >= 11 is 5.94. The van der Waals surface area contributed by atoms with Gasteiger partial charge in [-0.3, -0.25) is 4.68 Å². The van der Waals surface area contributed by atoms with Crippen LogP contribution in [0.2, 0.25) is 5.15 Å². The predicted octanol–water partition coefficient (Wildman–Crippen LogP) is 2.38. The van der Waals surface area contributed by atoms with Crippen LogP contribution in [0.3, 0.4) is 0 Å². The lowest BCUT2D eigenvalue weighted by Crippen LogP contribution is -1.96. The van der Waals surface area contributed by atoms with E-state index in [4.69, 9.17) is 16.9 Å². The van der Waals surface area contributed by atoms with Gasteiger partial charge >= 0.3 is 0 Å². The van der Waals surface area contributed by atoms with E-state index in [-0.39, 0.29) is 0 Å². The second-order valence-electron chi connectivity index (χ2n) is 2.79. The Morgan fingerprint density at radius 1 is 1.54 bits per heavy atom. The molecule has 0 saturated heterocycles. The molecule has 1 heterocycles. The fraction of sp³-hybridized carbons (Fsp3) is 0.556. The van der Waals surface area contributed by atoms with Crippen LogP contribution in [0.5, 0.6) is 0 Å². The Kier molecular flexibility index (Phi) is 3.32. The van der Waals surface area contributed by atoms with Gasteiger partial charge in [-0.25, -0.2) is 0 Å². The largest absolute Gasteiger partial charge is 0.253 e. The van der Waals surface area contributed by atoms with Crippen molar-refractivity contribution in [2.75, 3.05) is 0 Å². The zero-order chi connectivity index (χ0) is 9.84. The van der Waals surface area contributed by atoms with Crippen molar-refractivity contribution in [1.29, 1.82) is 5.26 Å². The summed E-state index contributed by atoms with van der Waals surface area (Å²) in [6.45, 7) is 4.72. The molecule has 0 saturated carbocycles. The van der Waals surface area contributed by atoms with Crippen molar-refractivity contribution in [3.8, 4) is 6.07 Å². The number of rotatable bonds is 3. The van der Waals surface area contributed by atoms with Gasteiger partial charge in [0.2, 0.25) is 0 Å². The van der Waals surface area contributed by atoms with Gasteiger partial charge in [0, 0.05) is 6.54 Å². The van der Waals surface area contributed by atoms with E-state index in [1.54, 1.807) is 4.68 Å². The lowest BCUT2D eigenvalue weighted by atomic mass is 10.2. The van der Waals surface area contributed by atoms with Gasteiger partial charge in [0.25, 0.3) is 0 Å². The predicted molar refractivity (Wildman–Crippen MR) is 51.6 cm³/mol. The standard InChI is InChI=1S/C9H12ClN3/c1-3-5-8-7(6-11)9(10)13(4-2)12-8/h3-5H2,1-2H3. The smallest absolute Gasteiger partial charge is 0.145 e. The molecule has 70 valence electrons. The molecule has 0 radical (unpaired) electrons. The van der Waals surface area contributed by atoms with Gasteiger partial charge in [-0.05, 0) is 13.3 Å². The maximum atomic E-state index is 8.85. The van der Waals surface area contributed by atoms with E-state index in [0.29, 0.717) is 17.3 Å². The molecule has 3 nitrogen and oxygen atoms in total. The lowest BCUT2D eigenvalue weighted by Gasteiger charge is -1.94. The van der Waals surface area contributed by atoms with Crippen molar-refractivity contribution >= 4 is 11.6 Å². The SMILES string of the molecule is CCCc1nn(CC)c(Cl)c1C#N. The molecule has 0 N–H and O–H groups in total. The first kappa shape index (κ1) is 10.1. The van der Waals surface area contributed by atoms with Crippen LogP contribution in [0, 0.1) is 11.3 Å². The van der Waals surface area contributed by atoms with Crippen LogP contribution in [-0.2, 0) is 13.0 Å². The molecule has 1 aromatic heterocycles. The molecule has 1 rings (SSSR count). The lowest BCUT2D eigenvalue weighted by molar-refractivity contribution is 0.645. The van der Waals surface area contributed by atoms with Crippen LogP contribution in [0.25, 0.3) is 0 Å². The van der Waals surface area contributed by atoms with E-state index in [0.717, 1.165) is 18.5 Å². The molecule has 1 aromatic rings. The Hall–Kier alpha value is -1.01. The molecule has 13 heavy (non-hydrogen) atoms. The Balaban J connectivity index is 3.13. The summed E-state index contributed by atoms with van der Waals surface area (Å²) in [7, 11) is 0. The summed E-state index contributed by atoms with van der Waals surface area (Å²) < 4.78 is 1.66. The topological polar surface area (TPSA) is 41.6 Å². The second-order valence-corrected chi connectivity index (χ2v) is 3.15. The van der Waals surface area contributed by atoms with Gasteiger partial charge in [-0.1, -0.05) is 24.9 Å². The van der Waals surface area contributed by atoms with Crippen LogP contribution in [0.1, 0.15) is 31.5 Å². The number of nitrogens with zero attached hydrogens (tertiary/aromatic N) is 3. The van der Waals surface area contributed by atoms with Crippen molar-refractivity contribution < 1.29 is 0 Å². The summed E-state index contributed by atoms with van der Waals surface area (Å²) in [6.07, 6.45) is 1.79. The second kappa shape index (κ2) is 4.29. The first-order valence-electron chi connectivity index (χ1n) is 4.39. The molecule has 0 aliphatic rings. The van der Waals surface area contributed by atoms with Crippen molar-refractivity contribution in [3.05, 3.63) is 16.4 Å². The average molecular weight is 198 g/mol. The summed E-state index contributed by atoms with van der Waals surface area (Å²) in [6, 6.07) is 2.09.